The average molecular weight is 341 g/mol. The first-order chi connectivity index (χ1) is 11.8. The summed E-state index contributed by atoms with van der Waals surface area (Å²) in [6.45, 7) is 1.06. The van der Waals surface area contributed by atoms with Gasteiger partial charge in [0.2, 0.25) is 17.7 Å². The number of para-hydroxylation sites is 2. The fourth-order valence-corrected chi connectivity index (χ4v) is 3.26. The Morgan fingerprint density at radius 3 is 3.04 bits per heavy atom. The summed E-state index contributed by atoms with van der Waals surface area (Å²) in [6.07, 6.45) is 0.745. The molecule has 6 nitrogen and oxygen atoms in total. The SMILES string of the molecule is O=C(CCc1nnc(-c2ccsc2)o1)N1CCOc2ccccc21. The summed E-state index contributed by atoms with van der Waals surface area (Å²) in [5, 5.41) is 12.0. The molecule has 1 aromatic carbocycles. The Labute approximate surface area is 142 Å². The second-order valence-corrected chi connectivity index (χ2v) is 6.15. The molecule has 0 unspecified atom stereocenters. The number of aromatic nitrogens is 2. The molecule has 0 aliphatic carbocycles. The molecule has 3 aromatic rings. The number of fused-ring (bicyclic) bond motifs is 1. The minimum atomic E-state index is 0.0287. The van der Waals surface area contributed by atoms with E-state index in [0.29, 0.717) is 37.8 Å². The number of aryl methyl sites for hydroxylation is 1. The van der Waals surface area contributed by atoms with Crippen molar-refractivity contribution < 1.29 is 13.9 Å². The largest absolute Gasteiger partial charge is 0.490 e. The number of ether oxygens (including phenoxy) is 1. The first-order valence-electron chi connectivity index (χ1n) is 7.68. The standard InChI is InChI=1S/C17H15N3O3S/c21-16(20-8-9-22-14-4-2-1-3-13(14)20)6-5-15-18-19-17(23-15)12-7-10-24-11-12/h1-4,7,10-11H,5-6,8-9H2. The summed E-state index contributed by atoms with van der Waals surface area (Å²) in [5.41, 5.74) is 1.73. The van der Waals surface area contributed by atoms with E-state index >= 15 is 0 Å². The molecule has 0 saturated heterocycles. The van der Waals surface area contributed by atoms with Crippen molar-refractivity contribution in [3.63, 3.8) is 0 Å². The minimum Gasteiger partial charge on any atom is -0.490 e. The Balaban J connectivity index is 1.43. The predicted molar refractivity (Wildman–Crippen MR) is 90.2 cm³/mol. The third-order valence-electron chi connectivity index (χ3n) is 3.82. The average Bonchev–Trinajstić information content (AvgIpc) is 3.30. The highest BCUT2D eigenvalue weighted by Crippen LogP contribution is 2.31. The molecular formula is C17H15N3O3S. The van der Waals surface area contributed by atoms with Crippen molar-refractivity contribution in [3.05, 3.63) is 47.0 Å². The number of amides is 1. The van der Waals surface area contributed by atoms with Crippen molar-refractivity contribution in [2.24, 2.45) is 0 Å². The second kappa shape index (κ2) is 6.45. The van der Waals surface area contributed by atoms with E-state index in [1.807, 2.05) is 41.1 Å². The van der Waals surface area contributed by atoms with Crippen molar-refractivity contribution in [1.29, 1.82) is 0 Å². The molecule has 122 valence electrons. The van der Waals surface area contributed by atoms with Crippen molar-refractivity contribution in [2.75, 3.05) is 18.1 Å². The van der Waals surface area contributed by atoms with Crippen LogP contribution in [0.2, 0.25) is 0 Å². The molecule has 0 N–H and O–H groups in total. The van der Waals surface area contributed by atoms with Crippen molar-refractivity contribution in [3.8, 4) is 17.2 Å². The van der Waals surface area contributed by atoms with Crippen LogP contribution in [0.5, 0.6) is 5.75 Å². The Bertz CT molecular complexity index is 844. The highest BCUT2D eigenvalue weighted by atomic mass is 32.1. The number of anilines is 1. The molecule has 7 heteroatoms. The molecule has 0 radical (unpaired) electrons. The summed E-state index contributed by atoms with van der Waals surface area (Å²) in [4.78, 5) is 14.3. The predicted octanol–water partition coefficient (Wildman–Crippen LogP) is 3.16. The number of hydrogen-bond acceptors (Lipinski definition) is 6. The maximum atomic E-state index is 12.6. The van der Waals surface area contributed by atoms with Crippen LogP contribution in [0.1, 0.15) is 12.3 Å². The Kier molecular flexibility index (Phi) is 4.00. The Morgan fingerprint density at radius 2 is 2.17 bits per heavy atom. The van der Waals surface area contributed by atoms with Gasteiger partial charge in [-0.2, -0.15) is 11.3 Å². The molecule has 0 bridgehead atoms. The number of rotatable bonds is 4. The van der Waals surface area contributed by atoms with E-state index in [4.69, 9.17) is 9.15 Å². The smallest absolute Gasteiger partial charge is 0.248 e. The van der Waals surface area contributed by atoms with Crippen LogP contribution in [0.25, 0.3) is 11.5 Å². The van der Waals surface area contributed by atoms with Gasteiger partial charge in [-0.25, -0.2) is 0 Å². The van der Waals surface area contributed by atoms with E-state index in [-0.39, 0.29) is 5.91 Å². The third kappa shape index (κ3) is 2.90. The number of hydrogen-bond donors (Lipinski definition) is 0. The molecular weight excluding hydrogens is 326 g/mol. The third-order valence-corrected chi connectivity index (χ3v) is 4.50. The van der Waals surface area contributed by atoms with E-state index < -0.39 is 0 Å². The topological polar surface area (TPSA) is 68.5 Å². The summed E-state index contributed by atoms with van der Waals surface area (Å²) < 4.78 is 11.2. The number of thiophene rings is 1. The van der Waals surface area contributed by atoms with Gasteiger partial charge in [0, 0.05) is 23.8 Å². The van der Waals surface area contributed by atoms with Crippen LogP contribution in [0.15, 0.2) is 45.5 Å². The first-order valence-corrected chi connectivity index (χ1v) is 8.63. The molecule has 2 aromatic heterocycles. The van der Waals surface area contributed by atoms with Gasteiger partial charge in [0.1, 0.15) is 12.4 Å². The van der Waals surface area contributed by atoms with Gasteiger partial charge in [0.15, 0.2) is 0 Å². The molecule has 24 heavy (non-hydrogen) atoms. The summed E-state index contributed by atoms with van der Waals surface area (Å²) >= 11 is 1.57. The van der Waals surface area contributed by atoms with Gasteiger partial charge in [0.25, 0.3) is 0 Å². The van der Waals surface area contributed by atoms with Gasteiger partial charge in [-0.1, -0.05) is 12.1 Å². The Hall–Kier alpha value is -2.67. The van der Waals surface area contributed by atoms with Crippen molar-refractivity contribution in [1.82, 2.24) is 10.2 Å². The molecule has 0 fully saturated rings. The number of nitrogens with zero attached hydrogens (tertiary/aromatic N) is 3. The lowest BCUT2D eigenvalue weighted by molar-refractivity contribution is -0.118. The maximum absolute atomic E-state index is 12.6. The zero-order valence-corrected chi connectivity index (χ0v) is 13.7. The first kappa shape index (κ1) is 14.9. The molecule has 4 rings (SSSR count). The summed E-state index contributed by atoms with van der Waals surface area (Å²) in [7, 11) is 0. The zero-order valence-electron chi connectivity index (χ0n) is 12.8. The van der Waals surface area contributed by atoms with Crippen molar-refractivity contribution >= 4 is 22.9 Å². The van der Waals surface area contributed by atoms with E-state index in [9.17, 15) is 4.79 Å². The van der Waals surface area contributed by atoms with E-state index in [0.717, 1.165) is 17.0 Å². The normalized spacial score (nSPS) is 13.4. The lowest BCUT2D eigenvalue weighted by Gasteiger charge is -2.29. The fourth-order valence-electron chi connectivity index (χ4n) is 2.63. The summed E-state index contributed by atoms with van der Waals surface area (Å²) in [5.74, 6) is 1.75. The second-order valence-electron chi connectivity index (χ2n) is 5.37. The van der Waals surface area contributed by atoms with Gasteiger partial charge in [0.05, 0.1) is 12.2 Å². The zero-order chi connectivity index (χ0) is 16.4. The van der Waals surface area contributed by atoms with Crippen molar-refractivity contribution in [2.45, 2.75) is 12.8 Å². The number of carbonyl (C=O) groups excluding carboxylic acids is 1. The van der Waals surface area contributed by atoms with Gasteiger partial charge in [-0.15, -0.1) is 10.2 Å². The van der Waals surface area contributed by atoms with E-state index in [1.165, 1.54) is 0 Å². The molecule has 0 saturated carbocycles. The quantitative estimate of drug-likeness (QED) is 0.729. The molecule has 3 heterocycles. The molecule has 0 spiro atoms. The number of carbonyl (C=O) groups is 1. The monoisotopic (exact) mass is 341 g/mol. The van der Waals surface area contributed by atoms with Gasteiger partial charge in [-0.05, 0) is 23.6 Å². The van der Waals surface area contributed by atoms with E-state index in [2.05, 4.69) is 10.2 Å². The van der Waals surface area contributed by atoms with Crippen LogP contribution >= 0.6 is 11.3 Å². The lowest BCUT2D eigenvalue weighted by Crippen LogP contribution is -2.38. The van der Waals surface area contributed by atoms with Crippen LogP contribution in [0.4, 0.5) is 5.69 Å². The van der Waals surface area contributed by atoms with Gasteiger partial charge >= 0.3 is 0 Å². The maximum Gasteiger partial charge on any atom is 0.248 e. The molecule has 1 aliphatic heterocycles. The van der Waals surface area contributed by atoms with Crippen LogP contribution in [0.3, 0.4) is 0 Å². The lowest BCUT2D eigenvalue weighted by atomic mass is 10.2. The van der Waals surface area contributed by atoms with Crippen LogP contribution in [0, 0.1) is 0 Å². The van der Waals surface area contributed by atoms with Gasteiger partial charge < -0.3 is 14.1 Å². The molecule has 1 aliphatic rings. The highest BCUT2D eigenvalue weighted by molar-refractivity contribution is 7.08. The van der Waals surface area contributed by atoms with Crippen LogP contribution in [-0.4, -0.2) is 29.3 Å². The van der Waals surface area contributed by atoms with Gasteiger partial charge in [-0.3, -0.25) is 4.79 Å². The van der Waals surface area contributed by atoms with E-state index in [1.54, 1.807) is 16.2 Å². The Morgan fingerprint density at radius 1 is 1.25 bits per heavy atom. The van der Waals surface area contributed by atoms with Crippen LogP contribution in [-0.2, 0) is 11.2 Å². The minimum absolute atomic E-state index is 0.0287. The van der Waals surface area contributed by atoms with Crippen LogP contribution < -0.4 is 9.64 Å². The number of benzene rings is 1. The highest BCUT2D eigenvalue weighted by Gasteiger charge is 2.23. The molecule has 1 amide bonds. The summed E-state index contributed by atoms with van der Waals surface area (Å²) in [6, 6.07) is 9.50. The fraction of sp³-hybridized carbons (Fsp3) is 0.235. The molecule has 0 atom stereocenters.